The number of rotatable bonds is 2. The van der Waals surface area contributed by atoms with Crippen LogP contribution in [-0.2, 0) is 0 Å². The molecule has 0 amide bonds. The molecule has 0 saturated carbocycles. The SMILES string of the molecule is Brc1cnc(OC2CCNCC2)nc1.Cl. The first-order chi connectivity index (χ1) is 6.84. The molecule has 1 aliphatic heterocycles. The van der Waals surface area contributed by atoms with Gasteiger partial charge in [-0.2, -0.15) is 0 Å². The molecule has 0 aliphatic carbocycles. The molecule has 4 nitrogen and oxygen atoms in total. The van der Waals surface area contributed by atoms with Crippen LogP contribution in [0.5, 0.6) is 6.01 Å². The highest BCUT2D eigenvalue weighted by Gasteiger charge is 2.15. The number of nitrogens with one attached hydrogen (secondary N) is 1. The standard InChI is InChI=1S/C9H12BrN3O.ClH/c10-7-5-12-9(13-6-7)14-8-1-3-11-4-2-8;/h5-6,8,11H,1-4H2;1H. The summed E-state index contributed by atoms with van der Waals surface area (Å²) in [4.78, 5) is 8.14. The quantitative estimate of drug-likeness (QED) is 0.903. The van der Waals surface area contributed by atoms with E-state index in [9.17, 15) is 0 Å². The van der Waals surface area contributed by atoms with Crippen LogP contribution in [0.15, 0.2) is 16.9 Å². The third kappa shape index (κ3) is 3.93. The normalized spacial score (nSPS) is 16.9. The van der Waals surface area contributed by atoms with Crippen LogP contribution in [0.25, 0.3) is 0 Å². The molecule has 1 N–H and O–H groups in total. The Bertz CT molecular complexity index is 290. The van der Waals surface area contributed by atoms with Crippen molar-refractivity contribution in [1.29, 1.82) is 0 Å². The predicted octanol–water partition coefficient (Wildman–Crippen LogP) is 1.79. The van der Waals surface area contributed by atoms with Gasteiger partial charge in [0.15, 0.2) is 0 Å². The van der Waals surface area contributed by atoms with Crippen molar-refractivity contribution in [3.63, 3.8) is 0 Å². The lowest BCUT2D eigenvalue weighted by molar-refractivity contribution is 0.148. The molecule has 1 fully saturated rings. The van der Waals surface area contributed by atoms with Crippen LogP contribution in [-0.4, -0.2) is 29.2 Å². The van der Waals surface area contributed by atoms with Crippen molar-refractivity contribution in [2.75, 3.05) is 13.1 Å². The minimum Gasteiger partial charge on any atom is -0.460 e. The molecule has 0 aromatic carbocycles. The summed E-state index contributed by atoms with van der Waals surface area (Å²) in [6.07, 6.45) is 5.71. The smallest absolute Gasteiger partial charge is 0.316 e. The minimum atomic E-state index is 0. The summed E-state index contributed by atoms with van der Waals surface area (Å²) in [5, 5.41) is 3.28. The molecule has 0 bridgehead atoms. The maximum Gasteiger partial charge on any atom is 0.316 e. The van der Waals surface area contributed by atoms with E-state index >= 15 is 0 Å². The Labute approximate surface area is 103 Å². The van der Waals surface area contributed by atoms with Gasteiger partial charge in [0.25, 0.3) is 0 Å². The van der Waals surface area contributed by atoms with Crippen LogP contribution in [0.3, 0.4) is 0 Å². The fourth-order valence-corrected chi connectivity index (χ4v) is 1.63. The van der Waals surface area contributed by atoms with E-state index in [1.165, 1.54) is 0 Å². The van der Waals surface area contributed by atoms with E-state index in [-0.39, 0.29) is 18.5 Å². The summed E-state index contributed by atoms with van der Waals surface area (Å²) in [6, 6.07) is 0.472. The molecule has 0 radical (unpaired) electrons. The third-order valence-corrected chi connectivity index (χ3v) is 2.56. The Morgan fingerprint density at radius 2 is 1.87 bits per heavy atom. The summed E-state index contributed by atoms with van der Waals surface area (Å²) in [5.41, 5.74) is 0. The lowest BCUT2D eigenvalue weighted by Gasteiger charge is -2.22. The molecule has 0 unspecified atom stereocenters. The number of piperidine rings is 1. The second-order valence-corrected chi connectivity index (χ2v) is 4.17. The average Bonchev–Trinajstić information content (AvgIpc) is 2.23. The Morgan fingerprint density at radius 3 is 2.47 bits per heavy atom. The molecule has 84 valence electrons. The molecule has 1 aromatic heterocycles. The van der Waals surface area contributed by atoms with E-state index in [1.807, 2.05) is 0 Å². The van der Waals surface area contributed by atoms with Crippen LogP contribution in [0.4, 0.5) is 0 Å². The summed E-state index contributed by atoms with van der Waals surface area (Å²) in [6.45, 7) is 2.03. The largest absolute Gasteiger partial charge is 0.460 e. The summed E-state index contributed by atoms with van der Waals surface area (Å²) < 4.78 is 6.50. The van der Waals surface area contributed by atoms with E-state index in [0.29, 0.717) is 6.01 Å². The Morgan fingerprint density at radius 1 is 1.27 bits per heavy atom. The lowest BCUT2D eigenvalue weighted by Crippen LogP contribution is -2.34. The van der Waals surface area contributed by atoms with E-state index < -0.39 is 0 Å². The molecule has 6 heteroatoms. The van der Waals surface area contributed by atoms with Crippen molar-refractivity contribution in [1.82, 2.24) is 15.3 Å². The summed E-state index contributed by atoms with van der Waals surface area (Å²) in [5.74, 6) is 0. The third-order valence-electron chi connectivity index (χ3n) is 2.15. The number of ether oxygens (including phenoxy) is 1. The van der Waals surface area contributed by atoms with Crippen LogP contribution >= 0.6 is 28.3 Å². The van der Waals surface area contributed by atoms with Crippen LogP contribution in [0.2, 0.25) is 0 Å². The summed E-state index contributed by atoms with van der Waals surface area (Å²) >= 11 is 3.28. The fraction of sp³-hybridized carbons (Fsp3) is 0.556. The zero-order chi connectivity index (χ0) is 9.80. The molecule has 2 rings (SSSR count). The molecule has 1 aromatic rings. The molecule has 0 spiro atoms. The summed E-state index contributed by atoms with van der Waals surface area (Å²) in [7, 11) is 0. The van der Waals surface area contributed by atoms with Crippen LogP contribution in [0, 0.1) is 0 Å². The number of hydrogen-bond acceptors (Lipinski definition) is 4. The van der Waals surface area contributed by atoms with Gasteiger partial charge in [-0.05, 0) is 41.9 Å². The maximum atomic E-state index is 5.63. The van der Waals surface area contributed by atoms with Gasteiger partial charge in [0.05, 0.1) is 4.47 Å². The molecule has 15 heavy (non-hydrogen) atoms. The van der Waals surface area contributed by atoms with Crippen molar-refractivity contribution in [2.24, 2.45) is 0 Å². The van der Waals surface area contributed by atoms with Gasteiger partial charge in [-0.3, -0.25) is 0 Å². The first-order valence-electron chi connectivity index (χ1n) is 4.69. The van der Waals surface area contributed by atoms with Gasteiger partial charge in [-0.15, -0.1) is 12.4 Å². The van der Waals surface area contributed by atoms with Gasteiger partial charge in [-0.1, -0.05) is 0 Å². The predicted molar refractivity (Wildman–Crippen MR) is 63.5 cm³/mol. The molecule has 1 saturated heterocycles. The topological polar surface area (TPSA) is 47.0 Å². The van der Waals surface area contributed by atoms with Crippen molar-refractivity contribution >= 4 is 28.3 Å². The number of hydrogen-bond donors (Lipinski definition) is 1. The second kappa shape index (κ2) is 6.25. The first kappa shape index (κ1) is 12.7. The molecule has 0 atom stereocenters. The maximum absolute atomic E-state index is 5.63. The van der Waals surface area contributed by atoms with Gasteiger partial charge in [0.2, 0.25) is 0 Å². The van der Waals surface area contributed by atoms with Gasteiger partial charge < -0.3 is 10.1 Å². The number of nitrogens with zero attached hydrogens (tertiary/aromatic N) is 2. The monoisotopic (exact) mass is 293 g/mol. The minimum absolute atomic E-state index is 0. The molecule has 2 heterocycles. The Hall–Kier alpha value is -0.390. The highest BCUT2D eigenvalue weighted by atomic mass is 79.9. The zero-order valence-corrected chi connectivity index (χ0v) is 10.6. The average molecular weight is 295 g/mol. The van der Waals surface area contributed by atoms with Crippen LogP contribution in [0.1, 0.15) is 12.8 Å². The number of aromatic nitrogens is 2. The van der Waals surface area contributed by atoms with E-state index in [2.05, 4.69) is 31.2 Å². The zero-order valence-electron chi connectivity index (χ0n) is 8.15. The molecular weight excluding hydrogens is 281 g/mol. The van der Waals surface area contributed by atoms with Gasteiger partial charge in [-0.25, -0.2) is 9.97 Å². The fourth-order valence-electron chi connectivity index (χ4n) is 1.42. The Balaban J connectivity index is 0.00000112. The van der Waals surface area contributed by atoms with Crippen molar-refractivity contribution < 1.29 is 4.74 Å². The van der Waals surface area contributed by atoms with E-state index in [4.69, 9.17) is 4.74 Å². The molecule has 1 aliphatic rings. The van der Waals surface area contributed by atoms with Crippen LogP contribution < -0.4 is 10.1 Å². The highest BCUT2D eigenvalue weighted by Crippen LogP contribution is 2.13. The highest BCUT2D eigenvalue weighted by molar-refractivity contribution is 9.10. The number of halogens is 2. The molecular formula is C9H13BrClN3O. The van der Waals surface area contributed by atoms with Crippen molar-refractivity contribution in [3.05, 3.63) is 16.9 Å². The van der Waals surface area contributed by atoms with Crippen molar-refractivity contribution in [3.8, 4) is 6.01 Å². The first-order valence-corrected chi connectivity index (χ1v) is 5.49. The second-order valence-electron chi connectivity index (χ2n) is 3.25. The van der Waals surface area contributed by atoms with Gasteiger partial charge in [0, 0.05) is 12.4 Å². The van der Waals surface area contributed by atoms with Gasteiger partial charge in [0.1, 0.15) is 6.10 Å². The lowest BCUT2D eigenvalue weighted by atomic mass is 10.1. The van der Waals surface area contributed by atoms with Gasteiger partial charge >= 0.3 is 6.01 Å². The Kier molecular flexibility index (Phi) is 5.28. The van der Waals surface area contributed by atoms with E-state index in [0.717, 1.165) is 30.4 Å². The van der Waals surface area contributed by atoms with Crippen molar-refractivity contribution in [2.45, 2.75) is 18.9 Å². The van der Waals surface area contributed by atoms with E-state index in [1.54, 1.807) is 12.4 Å².